The number of likely N-dealkylation sites (N-methyl/N-ethyl adjacent to an activating group) is 1. The maximum atomic E-state index is 5.37. The summed E-state index contributed by atoms with van der Waals surface area (Å²) in [6, 6.07) is 0.763. The summed E-state index contributed by atoms with van der Waals surface area (Å²) in [7, 11) is 6.49. The quantitative estimate of drug-likeness (QED) is 0.658. The number of piperazine rings is 1. The minimum absolute atomic E-state index is 0.724. The average Bonchev–Trinajstić information content (AvgIpc) is 2.32. The number of hydrogen-bond acceptors (Lipinski definition) is 3. The van der Waals surface area contributed by atoms with Crippen molar-refractivity contribution in [2.45, 2.75) is 25.1 Å². The van der Waals surface area contributed by atoms with Gasteiger partial charge in [0.2, 0.25) is 0 Å². The predicted octanol–water partition coefficient (Wildman–Crippen LogP) is 0.810. The van der Waals surface area contributed by atoms with Crippen molar-refractivity contribution in [1.82, 2.24) is 9.80 Å². The highest BCUT2D eigenvalue weighted by Gasteiger charge is 2.31. The van der Waals surface area contributed by atoms with Crippen LogP contribution in [0.5, 0.6) is 0 Å². The smallest absolute Gasteiger partial charge is 0.110 e. The fourth-order valence-electron chi connectivity index (χ4n) is 3.04. The Morgan fingerprint density at radius 3 is 2.69 bits per heavy atom. The van der Waals surface area contributed by atoms with Crippen LogP contribution < -0.4 is 0 Å². The monoisotopic (exact) mass is 223 g/mol. The zero-order valence-corrected chi connectivity index (χ0v) is 10.7. The van der Waals surface area contributed by atoms with Crippen molar-refractivity contribution in [1.29, 1.82) is 0 Å². The van der Waals surface area contributed by atoms with Crippen LogP contribution in [0.1, 0.15) is 6.42 Å². The summed E-state index contributed by atoms with van der Waals surface area (Å²) in [5.74, 6) is 0.724. The Morgan fingerprint density at radius 2 is 2.00 bits per heavy atom. The second kappa shape index (κ2) is 6.03. The Labute approximate surface area is 100 Å². The van der Waals surface area contributed by atoms with Gasteiger partial charge in [0.1, 0.15) is 7.28 Å². The molecule has 2 fully saturated rings. The third-order valence-corrected chi connectivity index (χ3v) is 4.07. The van der Waals surface area contributed by atoms with Crippen molar-refractivity contribution >= 4 is 7.28 Å². The Kier molecular flexibility index (Phi) is 4.68. The fourth-order valence-corrected chi connectivity index (χ4v) is 3.04. The molecule has 0 amide bonds. The third-order valence-electron chi connectivity index (χ3n) is 4.07. The van der Waals surface area contributed by atoms with Gasteiger partial charge in [-0.2, -0.15) is 0 Å². The van der Waals surface area contributed by atoms with Gasteiger partial charge < -0.3 is 9.64 Å². The van der Waals surface area contributed by atoms with E-state index in [0.717, 1.165) is 18.6 Å². The van der Waals surface area contributed by atoms with E-state index in [4.69, 9.17) is 4.74 Å². The molecule has 2 heterocycles. The van der Waals surface area contributed by atoms with E-state index in [1.54, 1.807) is 0 Å². The first kappa shape index (κ1) is 12.4. The number of nitrogens with zero attached hydrogens (tertiary/aromatic N) is 2. The highest BCUT2D eigenvalue weighted by molar-refractivity contribution is 6.35. The second-order valence-electron chi connectivity index (χ2n) is 5.22. The topological polar surface area (TPSA) is 15.7 Å². The lowest BCUT2D eigenvalue weighted by Gasteiger charge is -2.43. The van der Waals surface area contributed by atoms with E-state index < -0.39 is 0 Å². The summed E-state index contributed by atoms with van der Waals surface area (Å²) < 4.78 is 5.37. The summed E-state index contributed by atoms with van der Waals surface area (Å²) >= 11 is 0. The van der Waals surface area contributed by atoms with Crippen LogP contribution in [0.2, 0.25) is 12.6 Å². The van der Waals surface area contributed by atoms with Crippen molar-refractivity contribution < 1.29 is 4.74 Å². The zero-order chi connectivity index (χ0) is 11.4. The minimum atomic E-state index is 0.724. The summed E-state index contributed by atoms with van der Waals surface area (Å²) in [6.07, 6.45) is 3.86. The number of ether oxygens (including phenoxy) is 1. The van der Waals surface area contributed by atoms with Crippen LogP contribution in [0.3, 0.4) is 0 Å². The lowest BCUT2D eigenvalue weighted by Crippen LogP contribution is -2.53. The number of methoxy groups -OCH3 is 1. The van der Waals surface area contributed by atoms with E-state index in [2.05, 4.69) is 24.1 Å². The van der Waals surface area contributed by atoms with E-state index in [0.29, 0.717) is 0 Å². The molecule has 2 aliphatic heterocycles. The molecule has 16 heavy (non-hydrogen) atoms. The van der Waals surface area contributed by atoms with Crippen LogP contribution in [0.4, 0.5) is 0 Å². The first-order valence-corrected chi connectivity index (χ1v) is 6.54. The largest absolute Gasteiger partial charge is 0.384 e. The summed E-state index contributed by atoms with van der Waals surface area (Å²) in [4.78, 5) is 5.12. The van der Waals surface area contributed by atoms with Crippen molar-refractivity contribution in [3.63, 3.8) is 0 Å². The van der Waals surface area contributed by atoms with Gasteiger partial charge in [0.05, 0.1) is 0 Å². The molecule has 0 saturated carbocycles. The number of rotatable bonds is 3. The van der Waals surface area contributed by atoms with E-state index in [9.17, 15) is 0 Å². The predicted molar refractivity (Wildman–Crippen MR) is 68.2 cm³/mol. The van der Waals surface area contributed by atoms with Gasteiger partial charge in [0.25, 0.3) is 0 Å². The normalized spacial score (nSPS) is 33.6. The van der Waals surface area contributed by atoms with Gasteiger partial charge in [-0.1, -0.05) is 12.6 Å². The molecule has 0 N–H and O–H groups in total. The molecular weight excluding hydrogens is 199 g/mol. The molecule has 91 valence electrons. The molecule has 0 aromatic carbocycles. The Hall–Kier alpha value is -0.0551. The van der Waals surface area contributed by atoms with Crippen LogP contribution in [0, 0.1) is 5.92 Å². The van der Waals surface area contributed by atoms with Crippen molar-refractivity contribution in [2.24, 2.45) is 5.92 Å². The zero-order valence-electron chi connectivity index (χ0n) is 10.7. The van der Waals surface area contributed by atoms with Crippen LogP contribution in [0.15, 0.2) is 0 Å². The standard InChI is InChI=1S/C12H24BN2O/c1-14-5-7-15(8-6-14)12-3-4-13-9-11(12)10-16-2/h11-12H,3-10H2,1-2H3. The molecule has 0 aromatic rings. The molecule has 2 rings (SSSR count). The Morgan fingerprint density at radius 1 is 1.25 bits per heavy atom. The minimum Gasteiger partial charge on any atom is -0.384 e. The van der Waals surface area contributed by atoms with Gasteiger partial charge >= 0.3 is 0 Å². The summed E-state index contributed by atoms with van der Waals surface area (Å²) in [5.41, 5.74) is 0. The molecule has 2 unspecified atom stereocenters. The van der Waals surface area contributed by atoms with Crippen molar-refractivity contribution in [2.75, 3.05) is 46.9 Å². The molecule has 0 aliphatic carbocycles. The van der Waals surface area contributed by atoms with E-state index in [-0.39, 0.29) is 0 Å². The molecule has 4 heteroatoms. The maximum Gasteiger partial charge on any atom is 0.110 e. The Balaban J connectivity index is 1.89. The highest BCUT2D eigenvalue weighted by Crippen LogP contribution is 2.27. The summed E-state index contributed by atoms with van der Waals surface area (Å²) in [5, 5.41) is 0. The SMILES string of the molecule is COCC1C[B]CCC1N1CCN(C)CC1. The lowest BCUT2D eigenvalue weighted by molar-refractivity contribution is 0.0465. The second-order valence-corrected chi connectivity index (χ2v) is 5.22. The molecule has 2 aliphatic rings. The third kappa shape index (κ3) is 2.99. The molecule has 3 nitrogen and oxygen atoms in total. The molecule has 1 radical (unpaired) electrons. The van der Waals surface area contributed by atoms with Crippen molar-refractivity contribution in [3.8, 4) is 0 Å². The van der Waals surface area contributed by atoms with E-state index >= 15 is 0 Å². The lowest BCUT2D eigenvalue weighted by atomic mass is 9.58. The first-order chi connectivity index (χ1) is 7.81. The first-order valence-electron chi connectivity index (χ1n) is 6.54. The number of hydrogen-bond donors (Lipinski definition) is 0. The molecule has 0 aromatic heterocycles. The summed E-state index contributed by atoms with van der Waals surface area (Å²) in [6.45, 7) is 5.84. The van der Waals surface area contributed by atoms with E-state index in [1.165, 1.54) is 45.2 Å². The van der Waals surface area contributed by atoms with Gasteiger partial charge in [-0.15, -0.1) is 0 Å². The molecule has 2 atom stereocenters. The maximum absolute atomic E-state index is 5.37. The molecule has 2 saturated heterocycles. The van der Waals surface area contributed by atoms with Crippen LogP contribution in [0.25, 0.3) is 0 Å². The van der Waals surface area contributed by atoms with Crippen molar-refractivity contribution in [3.05, 3.63) is 0 Å². The van der Waals surface area contributed by atoms with E-state index in [1.807, 2.05) is 7.11 Å². The van der Waals surface area contributed by atoms with Gasteiger partial charge in [0, 0.05) is 45.9 Å². The van der Waals surface area contributed by atoms with Gasteiger partial charge in [0.15, 0.2) is 0 Å². The van der Waals surface area contributed by atoms with Gasteiger partial charge in [-0.05, 0) is 19.4 Å². The van der Waals surface area contributed by atoms with Gasteiger partial charge in [-0.25, -0.2) is 0 Å². The molecule has 0 bridgehead atoms. The molecular formula is C12H24BN2O. The average molecular weight is 223 g/mol. The van der Waals surface area contributed by atoms with Crippen LogP contribution in [-0.2, 0) is 4.74 Å². The highest BCUT2D eigenvalue weighted by atomic mass is 16.5. The molecule has 0 spiro atoms. The van der Waals surface area contributed by atoms with Gasteiger partial charge in [-0.3, -0.25) is 4.90 Å². The Bertz CT molecular complexity index is 205. The fraction of sp³-hybridized carbons (Fsp3) is 1.00. The van der Waals surface area contributed by atoms with Crippen LogP contribution >= 0.6 is 0 Å². The van der Waals surface area contributed by atoms with Crippen LogP contribution in [-0.4, -0.2) is 70.1 Å².